The van der Waals surface area contributed by atoms with Gasteiger partial charge in [-0.3, -0.25) is 0 Å². The lowest BCUT2D eigenvalue weighted by atomic mass is 9.90. The summed E-state index contributed by atoms with van der Waals surface area (Å²) in [5, 5.41) is 3.64. The molecule has 1 aliphatic heterocycles. The zero-order valence-corrected chi connectivity index (χ0v) is 9.71. The number of hydrogen-bond acceptors (Lipinski definition) is 1. The van der Waals surface area contributed by atoms with E-state index >= 15 is 0 Å². The molecule has 16 heavy (non-hydrogen) atoms. The molecule has 1 saturated carbocycles. The number of nitrogens with zero attached hydrogens (tertiary/aromatic N) is 1. The van der Waals surface area contributed by atoms with Gasteiger partial charge in [-0.2, -0.15) is 11.6 Å². The van der Waals surface area contributed by atoms with Crippen LogP contribution in [0.15, 0.2) is 23.3 Å². The van der Waals surface area contributed by atoms with Gasteiger partial charge in [0.15, 0.2) is 0 Å². The molecular formula is C14H19N2-. The molecule has 1 saturated heterocycles. The predicted octanol–water partition coefficient (Wildman–Crippen LogP) is 1.85. The first kappa shape index (κ1) is 10.0. The molecule has 0 atom stereocenters. The van der Waals surface area contributed by atoms with E-state index in [9.17, 15) is 0 Å². The van der Waals surface area contributed by atoms with Crippen LogP contribution in [0, 0.1) is 12.5 Å². The van der Waals surface area contributed by atoms with Gasteiger partial charge in [0, 0.05) is 12.1 Å². The Morgan fingerprint density at radius 2 is 2.44 bits per heavy atom. The monoisotopic (exact) mass is 215 g/mol. The molecular weight excluding hydrogens is 196 g/mol. The van der Waals surface area contributed by atoms with E-state index in [-0.39, 0.29) is 0 Å². The average molecular weight is 215 g/mol. The van der Waals surface area contributed by atoms with E-state index in [2.05, 4.69) is 35.2 Å². The normalized spacial score (nSPS) is 24.5. The standard InChI is InChI=1S/C14H19N2/c1-16-9-8-13-11(4-2-7-14(13)16)10-15-12-5-3-6-12/h2,4,7,12,15H,1,3,5-6,8-10H2/q-1. The molecule has 3 rings (SSSR count). The molecule has 0 aromatic carbocycles. The molecule has 0 bridgehead atoms. The Morgan fingerprint density at radius 1 is 1.56 bits per heavy atom. The maximum absolute atomic E-state index is 4.06. The summed E-state index contributed by atoms with van der Waals surface area (Å²) in [6, 6.07) is 2.10. The fraction of sp³-hybridized carbons (Fsp3) is 0.500. The summed E-state index contributed by atoms with van der Waals surface area (Å²) >= 11 is 0. The molecule has 0 amide bonds. The molecule has 2 heteroatoms. The van der Waals surface area contributed by atoms with Crippen LogP contribution >= 0.6 is 0 Å². The van der Waals surface area contributed by atoms with Crippen molar-refractivity contribution in [3.63, 3.8) is 0 Å². The van der Waals surface area contributed by atoms with Crippen LogP contribution in [-0.4, -0.2) is 30.4 Å². The maximum Gasteiger partial charge on any atom is 0.121 e. The van der Waals surface area contributed by atoms with Gasteiger partial charge in [-0.25, -0.2) is 18.1 Å². The lowest BCUT2D eigenvalue weighted by Crippen LogP contribution is -2.36. The third kappa shape index (κ3) is 1.67. The highest BCUT2D eigenvalue weighted by molar-refractivity contribution is 5.47. The van der Waals surface area contributed by atoms with E-state index in [1.807, 2.05) is 0 Å². The number of rotatable bonds is 3. The fourth-order valence-electron chi connectivity index (χ4n) is 2.61. The molecule has 2 aliphatic carbocycles. The summed E-state index contributed by atoms with van der Waals surface area (Å²) in [5.74, 6) is 0. The van der Waals surface area contributed by atoms with E-state index < -0.39 is 0 Å². The average Bonchev–Trinajstić information content (AvgIpc) is 2.60. The first-order valence-corrected chi connectivity index (χ1v) is 6.27. The third-order valence-corrected chi connectivity index (χ3v) is 3.91. The van der Waals surface area contributed by atoms with Crippen LogP contribution in [0.5, 0.6) is 0 Å². The van der Waals surface area contributed by atoms with Crippen molar-refractivity contribution < 1.29 is 4.58 Å². The van der Waals surface area contributed by atoms with Crippen LogP contribution in [0.4, 0.5) is 0 Å². The fourth-order valence-corrected chi connectivity index (χ4v) is 2.61. The molecule has 0 spiro atoms. The van der Waals surface area contributed by atoms with Crippen molar-refractivity contribution in [1.82, 2.24) is 5.32 Å². The summed E-state index contributed by atoms with van der Waals surface area (Å²) in [5.41, 5.74) is 2.97. The van der Waals surface area contributed by atoms with Crippen LogP contribution < -0.4 is 5.32 Å². The van der Waals surface area contributed by atoms with Crippen LogP contribution in [-0.2, 0) is 0 Å². The van der Waals surface area contributed by atoms with Gasteiger partial charge in [0.25, 0.3) is 0 Å². The Morgan fingerprint density at radius 3 is 3.19 bits per heavy atom. The number of allylic oxidation sites excluding steroid dienone is 1. The highest BCUT2D eigenvalue weighted by Gasteiger charge is 2.21. The minimum Gasteiger partial charge on any atom is -0.320 e. The van der Waals surface area contributed by atoms with Gasteiger partial charge in [-0.05, 0) is 25.8 Å². The van der Waals surface area contributed by atoms with Crippen molar-refractivity contribution in [2.24, 2.45) is 0 Å². The lowest BCUT2D eigenvalue weighted by Gasteiger charge is -2.34. The lowest BCUT2D eigenvalue weighted by molar-refractivity contribution is -0.475. The maximum atomic E-state index is 4.06. The highest BCUT2D eigenvalue weighted by atomic mass is 15.0. The SMILES string of the molecule is C=[N+]1CCC2=C(CNC3CCC3)[CH-]C=C[C-]21. The largest absolute Gasteiger partial charge is 0.320 e. The zero-order valence-electron chi connectivity index (χ0n) is 9.71. The summed E-state index contributed by atoms with van der Waals surface area (Å²) in [7, 11) is 0. The number of nitrogens with one attached hydrogen (secondary N) is 1. The molecule has 1 N–H and O–H groups in total. The molecule has 0 aromatic rings. The second-order valence-electron chi connectivity index (χ2n) is 4.94. The molecule has 3 aliphatic rings. The Balaban J connectivity index is 1.68. The highest BCUT2D eigenvalue weighted by Crippen LogP contribution is 2.34. The van der Waals surface area contributed by atoms with Crippen LogP contribution in [0.1, 0.15) is 25.7 Å². The summed E-state index contributed by atoms with van der Waals surface area (Å²) in [6.45, 7) is 6.15. The van der Waals surface area contributed by atoms with Crippen molar-refractivity contribution in [3.8, 4) is 0 Å². The quantitative estimate of drug-likeness (QED) is 0.561. The first-order valence-electron chi connectivity index (χ1n) is 6.27. The van der Waals surface area contributed by atoms with Crippen molar-refractivity contribution in [2.75, 3.05) is 13.1 Å². The van der Waals surface area contributed by atoms with Gasteiger partial charge in [0.05, 0.1) is 6.72 Å². The van der Waals surface area contributed by atoms with E-state index in [1.54, 1.807) is 0 Å². The Kier molecular flexibility index (Phi) is 2.52. The van der Waals surface area contributed by atoms with Gasteiger partial charge >= 0.3 is 0 Å². The second kappa shape index (κ2) is 4.02. The zero-order chi connectivity index (χ0) is 11.0. The Labute approximate surface area is 97.7 Å². The second-order valence-corrected chi connectivity index (χ2v) is 4.94. The summed E-state index contributed by atoms with van der Waals surface area (Å²) < 4.78 is 2.11. The van der Waals surface area contributed by atoms with Crippen LogP contribution in [0.3, 0.4) is 0 Å². The van der Waals surface area contributed by atoms with Crippen molar-refractivity contribution in [1.29, 1.82) is 0 Å². The van der Waals surface area contributed by atoms with Crippen LogP contribution in [0.25, 0.3) is 0 Å². The molecule has 0 aromatic heterocycles. The van der Waals surface area contributed by atoms with E-state index in [1.165, 1.54) is 36.5 Å². The van der Waals surface area contributed by atoms with Crippen LogP contribution in [0.2, 0.25) is 0 Å². The number of fused-ring (bicyclic) bond motifs is 1. The molecule has 1 heterocycles. The minimum absolute atomic E-state index is 0.771. The van der Waals surface area contributed by atoms with E-state index in [4.69, 9.17) is 0 Å². The van der Waals surface area contributed by atoms with Gasteiger partial charge in [0.2, 0.25) is 0 Å². The van der Waals surface area contributed by atoms with E-state index in [0.717, 1.165) is 25.6 Å². The third-order valence-electron chi connectivity index (χ3n) is 3.91. The van der Waals surface area contributed by atoms with Gasteiger partial charge in [0.1, 0.15) is 6.54 Å². The Hall–Kier alpha value is -1.15. The smallest absolute Gasteiger partial charge is 0.121 e. The summed E-state index contributed by atoms with van der Waals surface area (Å²) in [4.78, 5) is 0. The number of hydrogen-bond donors (Lipinski definition) is 1. The summed E-state index contributed by atoms with van der Waals surface area (Å²) in [6.07, 6.45) is 11.9. The van der Waals surface area contributed by atoms with Gasteiger partial charge < -0.3 is 9.89 Å². The molecule has 0 radical (unpaired) electrons. The molecule has 0 unspecified atom stereocenters. The van der Waals surface area contributed by atoms with Crippen molar-refractivity contribution in [2.45, 2.75) is 31.7 Å². The Bertz CT molecular complexity index is 361. The molecule has 2 fully saturated rings. The van der Waals surface area contributed by atoms with E-state index in [0.29, 0.717) is 0 Å². The first-order chi connectivity index (χ1) is 7.84. The topological polar surface area (TPSA) is 15.0 Å². The van der Waals surface area contributed by atoms with Gasteiger partial charge in [-0.1, -0.05) is 6.42 Å². The molecule has 2 nitrogen and oxygen atoms in total. The minimum atomic E-state index is 0.771. The van der Waals surface area contributed by atoms with Crippen molar-refractivity contribution in [3.05, 3.63) is 35.8 Å². The van der Waals surface area contributed by atoms with Crippen molar-refractivity contribution >= 4 is 6.72 Å². The molecule has 86 valence electrons. The van der Waals surface area contributed by atoms with Gasteiger partial charge in [-0.15, -0.1) is 0 Å². The predicted molar refractivity (Wildman–Crippen MR) is 66.2 cm³/mol.